The zero-order valence-electron chi connectivity index (χ0n) is 11.4. The van der Waals surface area contributed by atoms with Gasteiger partial charge in [-0.05, 0) is 35.7 Å². The summed E-state index contributed by atoms with van der Waals surface area (Å²) in [5, 5.41) is 0. The molecule has 1 atom stereocenters. The lowest BCUT2D eigenvalue weighted by atomic mass is 10.1. The first-order valence-corrected chi connectivity index (χ1v) is 7.06. The molecular weight excluding hydrogens is 248 g/mol. The van der Waals surface area contributed by atoms with Crippen LogP contribution in [0, 0.1) is 0 Å². The van der Waals surface area contributed by atoms with E-state index in [0.29, 0.717) is 0 Å². The number of rotatable bonds is 2. The highest BCUT2D eigenvalue weighted by Gasteiger charge is 2.26. The van der Waals surface area contributed by atoms with E-state index in [2.05, 4.69) is 47.2 Å². The monoisotopic (exact) mass is 264 g/mol. The third kappa shape index (κ3) is 1.78. The van der Waals surface area contributed by atoms with Gasteiger partial charge in [-0.15, -0.1) is 0 Å². The molecule has 0 amide bonds. The Morgan fingerprint density at radius 2 is 2.15 bits per heavy atom. The second-order valence-corrected chi connectivity index (χ2v) is 5.25. The van der Waals surface area contributed by atoms with Crippen LogP contribution in [-0.2, 0) is 12.8 Å². The van der Waals surface area contributed by atoms with Crippen molar-refractivity contribution in [1.82, 2.24) is 9.97 Å². The van der Waals surface area contributed by atoms with Crippen LogP contribution in [0.15, 0.2) is 42.5 Å². The Morgan fingerprint density at radius 1 is 1.25 bits per heavy atom. The van der Waals surface area contributed by atoms with Crippen LogP contribution in [0.25, 0.3) is 11.0 Å². The number of aryl methyl sites for hydroxylation is 1. The number of fused-ring (bicyclic) bond motifs is 2. The summed E-state index contributed by atoms with van der Waals surface area (Å²) in [5.41, 5.74) is 4.69. The number of ether oxygens (including phenoxy) is 1. The van der Waals surface area contributed by atoms with Crippen molar-refractivity contribution in [3.8, 4) is 5.75 Å². The summed E-state index contributed by atoms with van der Waals surface area (Å²) in [4.78, 5) is 8.08. The van der Waals surface area contributed by atoms with Gasteiger partial charge in [0.1, 0.15) is 11.6 Å². The van der Waals surface area contributed by atoms with Gasteiger partial charge in [0.15, 0.2) is 6.10 Å². The maximum atomic E-state index is 5.99. The Morgan fingerprint density at radius 3 is 3.00 bits per heavy atom. The summed E-state index contributed by atoms with van der Waals surface area (Å²) in [6.45, 7) is 2.16. The van der Waals surface area contributed by atoms with Crippen molar-refractivity contribution in [3.63, 3.8) is 0 Å². The van der Waals surface area contributed by atoms with E-state index in [1.807, 2.05) is 12.1 Å². The maximum Gasteiger partial charge on any atom is 0.160 e. The van der Waals surface area contributed by atoms with Gasteiger partial charge in [0.2, 0.25) is 0 Å². The average molecular weight is 264 g/mol. The Labute approximate surface area is 117 Å². The topological polar surface area (TPSA) is 37.9 Å². The number of para-hydroxylation sites is 1. The quantitative estimate of drug-likeness (QED) is 0.764. The van der Waals surface area contributed by atoms with E-state index in [0.717, 1.165) is 35.4 Å². The number of benzene rings is 2. The van der Waals surface area contributed by atoms with E-state index in [1.54, 1.807) is 0 Å². The number of aromatic amines is 1. The molecule has 0 bridgehead atoms. The molecule has 3 heteroatoms. The fraction of sp³-hybridized carbons (Fsp3) is 0.235. The van der Waals surface area contributed by atoms with Crippen molar-refractivity contribution in [3.05, 3.63) is 59.4 Å². The van der Waals surface area contributed by atoms with Gasteiger partial charge in [-0.25, -0.2) is 4.98 Å². The van der Waals surface area contributed by atoms with Gasteiger partial charge in [-0.3, -0.25) is 0 Å². The third-order valence-corrected chi connectivity index (χ3v) is 3.92. The minimum atomic E-state index is 0.00452. The fourth-order valence-electron chi connectivity index (χ4n) is 2.78. The summed E-state index contributed by atoms with van der Waals surface area (Å²) < 4.78 is 5.99. The van der Waals surface area contributed by atoms with Crippen LogP contribution in [0.4, 0.5) is 0 Å². The summed E-state index contributed by atoms with van der Waals surface area (Å²) in [5.74, 6) is 1.90. The molecule has 2 heterocycles. The molecule has 1 unspecified atom stereocenters. The lowest BCUT2D eigenvalue weighted by Gasteiger charge is -2.06. The van der Waals surface area contributed by atoms with Gasteiger partial charge in [0.25, 0.3) is 0 Å². The van der Waals surface area contributed by atoms with E-state index < -0.39 is 0 Å². The van der Waals surface area contributed by atoms with Gasteiger partial charge >= 0.3 is 0 Å². The molecule has 0 aliphatic carbocycles. The molecule has 0 radical (unpaired) electrons. The smallest absolute Gasteiger partial charge is 0.160 e. The predicted octanol–water partition coefficient (Wildman–Crippen LogP) is 3.80. The predicted molar refractivity (Wildman–Crippen MR) is 79.0 cm³/mol. The molecule has 3 aromatic rings. The molecule has 0 saturated heterocycles. The van der Waals surface area contributed by atoms with Crippen LogP contribution in [0.1, 0.15) is 30.0 Å². The zero-order chi connectivity index (χ0) is 13.5. The van der Waals surface area contributed by atoms with Gasteiger partial charge in [0, 0.05) is 6.42 Å². The average Bonchev–Trinajstić information content (AvgIpc) is 3.09. The number of aromatic nitrogens is 2. The highest BCUT2D eigenvalue weighted by Crippen LogP contribution is 2.35. The number of hydrogen-bond donors (Lipinski definition) is 1. The first-order valence-electron chi connectivity index (χ1n) is 7.06. The van der Waals surface area contributed by atoms with E-state index in [4.69, 9.17) is 4.74 Å². The highest BCUT2D eigenvalue weighted by atomic mass is 16.5. The Kier molecular flexibility index (Phi) is 2.52. The van der Waals surface area contributed by atoms with Gasteiger partial charge < -0.3 is 9.72 Å². The molecule has 100 valence electrons. The molecule has 20 heavy (non-hydrogen) atoms. The number of imidazole rings is 1. The normalized spacial score (nSPS) is 17.1. The molecule has 0 fully saturated rings. The number of hydrogen-bond acceptors (Lipinski definition) is 2. The lowest BCUT2D eigenvalue weighted by molar-refractivity contribution is 0.229. The first kappa shape index (κ1) is 11.5. The van der Waals surface area contributed by atoms with E-state index in [9.17, 15) is 0 Å². The van der Waals surface area contributed by atoms with Gasteiger partial charge in [0.05, 0.1) is 11.0 Å². The van der Waals surface area contributed by atoms with Gasteiger partial charge in [-0.2, -0.15) is 0 Å². The van der Waals surface area contributed by atoms with Crippen molar-refractivity contribution in [1.29, 1.82) is 0 Å². The van der Waals surface area contributed by atoms with E-state index in [-0.39, 0.29) is 6.10 Å². The van der Waals surface area contributed by atoms with Crippen LogP contribution < -0.4 is 4.74 Å². The fourth-order valence-corrected chi connectivity index (χ4v) is 2.78. The molecule has 2 aromatic carbocycles. The molecule has 1 N–H and O–H groups in total. The van der Waals surface area contributed by atoms with Crippen molar-refractivity contribution >= 4 is 11.0 Å². The van der Waals surface area contributed by atoms with Crippen molar-refractivity contribution in [2.45, 2.75) is 25.9 Å². The number of H-pyrrole nitrogens is 1. The summed E-state index contributed by atoms with van der Waals surface area (Å²) in [6.07, 6.45) is 1.93. The largest absolute Gasteiger partial charge is 0.482 e. The molecule has 4 rings (SSSR count). The molecule has 0 spiro atoms. The molecule has 1 aromatic heterocycles. The van der Waals surface area contributed by atoms with Crippen LogP contribution in [0.5, 0.6) is 5.75 Å². The minimum absolute atomic E-state index is 0.00452. The third-order valence-electron chi connectivity index (χ3n) is 3.92. The summed E-state index contributed by atoms with van der Waals surface area (Å²) >= 11 is 0. The van der Waals surface area contributed by atoms with Gasteiger partial charge in [-0.1, -0.05) is 31.2 Å². The maximum absolute atomic E-state index is 5.99. The molecule has 0 saturated carbocycles. The highest BCUT2D eigenvalue weighted by molar-refractivity contribution is 5.76. The van der Waals surface area contributed by atoms with Crippen molar-refractivity contribution < 1.29 is 4.74 Å². The first-order chi connectivity index (χ1) is 9.83. The second kappa shape index (κ2) is 4.37. The Hall–Kier alpha value is -2.29. The second-order valence-electron chi connectivity index (χ2n) is 5.25. The molecule has 1 aliphatic rings. The molecule has 3 nitrogen and oxygen atoms in total. The summed E-state index contributed by atoms with van der Waals surface area (Å²) in [6, 6.07) is 14.6. The van der Waals surface area contributed by atoms with Crippen LogP contribution in [0.2, 0.25) is 0 Å². The Balaban J connectivity index is 1.70. The van der Waals surface area contributed by atoms with E-state index >= 15 is 0 Å². The molecule has 1 aliphatic heterocycles. The van der Waals surface area contributed by atoms with Crippen LogP contribution in [0.3, 0.4) is 0 Å². The standard InChI is InChI=1S/C17H16N2O/c1-2-11-7-8-13-14(9-11)19-17(18-13)16-10-12-5-3-4-6-15(12)20-16/h3-9,16H,2,10H2,1H3,(H,18,19). The number of nitrogens with zero attached hydrogens (tertiary/aromatic N) is 1. The molecular formula is C17H16N2O. The number of nitrogens with one attached hydrogen (secondary N) is 1. The van der Waals surface area contributed by atoms with Crippen LogP contribution >= 0.6 is 0 Å². The Bertz CT molecular complexity index is 751. The van der Waals surface area contributed by atoms with E-state index in [1.165, 1.54) is 11.1 Å². The van der Waals surface area contributed by atoms with Crippen LogP contribution in [-0.4, -0.2) is 9.97 Å². The minimum Gasteiger partial charge on any atom is -0.482 e. The summed E-state index contributed by atoms with van der Waals surface area (Å²) in [7, 11) is 0. The zero-order valence-corrected chi connectivity index (χ0v) is 11.4. The van der Waals surface area contributed by atoms with Crippen molar-refractivity contribution in [2.24, 2.45) is 0 Å². The van der Waals surface area contributed by atoms with Crippen molar-refractivity contribution in [2.75, 3.05) is 0 Å². The SMILES string of the molecule is CCc1ccc2nc(C3Cc4ccccc4O3)[nH]c2c1. The lowest BCUT2D eigenvalue weighted by Crippen LogP contribution is -2.05.